The van der Waals surface area contributed by atoms with Crippen LogP contribution in [0, 0.1) is 17.8 Å². The van der Waals surface area contributed by atoms with Gasteiger partial charge in [-0.15, -0.1) is 0 Å². The zero-order chi connectivity index (χ0) is 12.4. The van der Waals surface area contributed by atoms with Crippen LogP contribution in [0.25, 0.3) is 0 Å². The maximum absolute atomic E-state index is 5.04. The molecule has 0 fully saturated rings. The van der Waals surface area contributed by atoms with Gasteiger partial charge in [-0.05, 0) is 32.5 Å². The van der Waals surface area contributed by atoms with Gasteiger partial charge in [-0.1, -0.05) is 18.3 Å². The Morgan fingerprint density at radius 3 is 2.76 bits per heavy atom. The topological polar surface area (TPSA) is 46.5 Å². The molecule has 2 aromatic rings. The molecule has 0 aliphatic carbocycles. The Morgan fingerprint density at radius 1 is 1.41 bits per heavy atom. The Bertz CT molecular complexity index is 564. The van der Waals surface area contributed by atoms with Crippen LogP contribution in [0.1, 0.15) is 35.3 Å². The molecule has 0 aliphatic heterocycles. The Hall–Kier alpha value is -1.01. The van der Waals surface area contributed by atoms with Gasteiger partial charge >= 0.3 is 0 Å². The van der Waals surface area contributed by atoms with Gasteiger partial charge in [0.25, 0.3) is 0 Å². The van der Waals surface area contributed by atoms with Crippen molar-refractivity contribution in [1.29, 1.82) is 0 Å². The summed E-state index contributed by atoms with van der Waals surface area (Å²) in [4.78, 5) is 0. The number of H-pyrrole nitrogens is 1. The second-order valence-electron chi connectivity index (χ2n) is 4.06. The summed E-state index contributed by atoms with van der Waals surface area (Å²) in [5.74, 6) is 0. The fourth-order valence-corrected chi connectivity index (χ4v) is 2.85. The maximum atomic E-state index is 5.04. The standard InChI is InChI=1S/C11H16N4S2/c1-4-5-15-8(3)9(7(2)14-15)6-10-12-13-11(16)17-10/h4-6H2,1-3H3,(H,13,16). The van der Waals surface area contributed by atoms with E-state index in [1.54, 1.807) is 0 Å². The molecule has 2 rings (SSSR count). The van der Waals surface area contributed by atoms with Gasteiger partial charge in [-0.3, -0.25) is 9.78 Å². The first-order valence-corrected chi connectivity index (χ1v) is 6.91. The van der Waals surface area contributed by atoms with Crippen molar-refractivity contribution in [2.24, 2.45) is 0 Å². The molecule has 0 spiro atoms. The highest BCUT2D eigenvalue weighted by atomic mass is 32.1. The Labute approximate surface area is 110 Å². The van der Waals surface area contributed by atoms with Crippen LogP contribution in [0.15, 0.2) is 0 Å². The molecule has 2 heterocycles. The number of nitrogens with one attached hydrogen (secondary N) is 1. The lowest BCUT2D eigenvalue weighted by Gasteiger charge is -2.02. The van der Waals surface area contributed by atoms with Crippen LogP contribution in [0.3, 0.4) is 0 Å². The first kappa shape index (κ1) is 12.4. The van der Waals surface area contributed by atoms with Crippen LogP contribution >= 0.6 is 23.6 Å². The van der Waals surface area contributed by atoms with Crippen molar-refractivity contribution in [2.45, 2.75) is 40.2 Å². The van der Waals surface area contributed by atoms with Crippen LogP contribution in [0.4, 0.5) is 0 Å². The zero-order valence-electron chi connectivity index (χ0n) is 10.3. The highest BCUT2D eigenvalue weighted by molar-refractivity contribution is 7.73. The lowest BCUT2D eigenvalue weighted by molar-refractivity contribution is 0.582. The largest absolute Gasteiger partial charge is 0.269 e. The van der Waals surface area contributed by atoms with Gasteiger partial charge in [-0.25, -0.2) is 0 Å². The number of rotatable bonds is 4. The summed E-state index contributed by atoms with van der Waals surface area (Å²) in [6.07, 6.45) is 1.92. The molecule has 0 saturated carbocycles. The summed E-state index contributed by atoms with van der Waals surface area (Å²) in [6.45, 7) is 7.32. The van der Waals surface area contributed by atoms with Crippen molar-refractivity contribution in [3.05, 3.63) is 25.9 Å². The SMILES string of the molecule is CCCn1nc(C)c(Cc2n[nH]c(=S)s2)c1C. The van der Waals surface area contributed by atoms with Gasteiger partial charge in [0.15, 0.2) is 3.95 Å². The summed E-state index contributed by atoms with van der Waals surface area (Å²) in [6, 6.07) is 0. The maximum Gasteiger partial charge on any atom is 0.176 e. The molecule has 0 saturated heterocycles. The van der Waals surface area contributed by atoms with E-state index >= 15 is 0 Å². The van der Waals surface area contributed by atoms with Gasteiger partial charge in [0.2, 0.25) is 0 Å². The van der Waals surface area contributed by atoms with Crippen LogP contribution in [0.5, 0.6) is 0 Å². The van der Waals surface area contributed by atoms with E-state index in [1.165, 1.54) is 22.6 Å². The molecular formula is C11H16N4S2. The summed E-state index contributed by atoms with van der Waals surface area (Å²) in [7, 11) is 0. The van der Waals surface area contributed by atoms with Gasteiger partial charge in [0.05, 0.1) is 5.69 Å². The molecule has 0 amide bonds. The molecule has 0 unspecified atom stereocenters. The molecule has 6 heteroatoms. The van der Waals surface area contributed by atoms with E-state index in [1.807, 2.05) is 0 Å². The quantitative estimate of drug-likeness (QED) is 0.867. The highest BCUT2D eigenvalue weighted by Gasteiger charge is 2.12. The first-order chi connectivity index (χ1) is 8.11. The van der Waals surface area contributed by atoms with Crippen LogP contribution in [0.2, 0.25) is 0 Å². The van der Waals surface area contributed by atoms with E-state index < -0.39 is 0 Å². The van der Waals surface area contributed by atoms with E-state index in [2.05, 4.69) is 40.7 Å². The first-order valence-electron chi connectivity index (χ1n) is 5.69. The molecule has 0 aliphatic rings. The molecule has 0 aromatic carbocycles. The van der Waals surface area contributed by atoms with Crippen LogP contribution in [-0.2, 0) is 13.0 Å². The minimum atomic E-state index is 0.733. The van der Waals surface area contributed by atoms with Crippen molar-refractivity contribution in [3.63, 3.8) is 0 Å². The van der Waals surface area contributed by atoms with Crippen molar-refractivity contribution in [1.82, 2.24) is 20.0 Å². The smallest absolute Gasteiger partial charge is 0.176 e. The van der Waals surface area contributed by atoms with Crippen LogP contribution in [-0.4, -0.2) is 20.0 Å². The molecule has 1 N–H and O–H groups in total. The van der Waals surface area contributed by atoms with Crippen LogP contribution < -0.4 is 0 Å². The average Bonchev–Trinajstić information content (AvgIpc) is 2.79. The molecule has 2 aromatic heterocycles. The highest BCUT2D eigenvalue weighted by Crippen LogP contribution is 2.19. The van der Waals surface area contributed by atoms with E-state index in [9.17, 15) is 0 Å². The molecule has 0 atom stereocenters. The minimum absolute atomic E-state index is 0.733. The van der Waals surface area contributed by atoms with E-state index in [4.69, 9.17) is 12.2 Å². The number of aromatic nitrogens is 4. The van der Waals surface area contributed by atoms with Crippen molar-refractivity contribution in [2.75, 3.05) is 0 Å². The second-order valence-corrected chi connectivity index (χ2v) is 5.81. The molecular weight excluding hydrogens is 252 g/mol. The fourth-order valence-electron chi connectivity index (χ4n) is 1.91. The van der Waals surface area contributed by atoms with Crippen molar-refractivity contribution < 1.29 is 0 Å². The Kier molecular flexibility index (Phi) is 3.73. The predicted octanol–water partition coefficient (Wildman–Crippen LogP) is 3.01. The Balaban J connectivity index is 2.29. The zero-order valence-corrected chi connectivity index (χ0v) is 11.9. The summed E-state index contributed by atoms with van der Waals surface area (Å²) >= 11 is 6.57. The number of hydrogen-bond donors (Lipinski definition) is 1. The number of aromatic amines is 1. The molecule has 0 bridgehead atoms. The minimum Gasteiger partial charge on any atom is -0.269 e. The van der Waals surface area contributed by atoms with Gasteiger partial charge in [0.1, 0.15) is 5.01 Å². The number of hydrogen-bond acceptors (Lipinski definition) is 4. The van der Waals surface area contributed by atoms with E-state index in [-0.39, 0.29) is 0 Å². The van der Waals surface area contributed by atoms with Gasteiger partial charge < -0.3 is 0 Å². The molecule has 0 radical (unpaired) electrons. The van der Waals surface area contributed by atoms with Gasteiger partial charge in [-0.2, -0.15) is 10.2 Å². The van der Waals surface area contributed by atoms with E-state index in [0.29, 0.717) is 0 Å². The van der Waals surface area contributed by atoms with E-state index in [0.717, 1.165) is 34.0 Å². The lowest BCUT2D eigenvalue weighted by Crippen LogP contribution is -2.01. The molecule has 4 nitrogen and oxygen atoms in total. The predicted molar refractivity (Wildman–Crippen MR) is 72.1 cm³/mol. The fraction of sp³-hybridized carbons (Fsp3) is 0.545. The molecule has 17 heavy (non-hydrogen) atoms. The summed E-state index contributed by atoms with van der Waals surface area (Å²) in [5, 5.41) is 12.6. The summed E-state index contributed by atoms with van der Waals surface area (Å²) < 4.78 is 2.81. The second kappa shape index (κ2) is 5.10. The lowest BCUT2D eigenvalue weighted by atomic mass is 10.1. The summed E-state index contributed by atoms with van der Waals surface area (Å²) in [5.41, 5.74) is 3.61. The van der Waals surface area contributed by atoms with Crippen molar-refractivity contribution in [3.8, 4) is 0 Å². The number of aryl methyl sites for hydroxylation is 2. The van der Waals surface area contributed by atoms with Crippen molar-refractivity contribution >= 4 is 23.6 Å². The normalized spacial score (nSPS) is 11.0. The molecule has 92 valence electrons. The third kappa shape index (κ3) is 2.63. The van der Waals surface area contributed by atoms with Gasteiger partial charge in [0, 0.05) is 24.2 Å². The average molecular weight is 268 g/mol. The number of nitrogens with zero attached hydrogens (tertiary/aromatic N) is 3. The third-order valence-electron chi connectivity index (χ3n) is 2.78. The Morgan fingerprint density at radius 2 is 2.18 bits per heavy atom. The monoisotopic (exact) mass is 268 g/mol. The third-order valence-corrected chi connectivity index (χ3v) is 3.87.